The highest BCUT2D eigenvalue weighted by Gasteiger charge is 2.31. The lowest BCUT2D eigenvalue weighted by Gasteiger charge is -2.39. The molecular weight excluding hydrogens is 398 g/mol. The van der Waals surface area contributed by atoms with Crippen LogP contribution in [0.4, 0.5) is 4.79 Å². The minimum absolute atomic E-state index is 0.209. The van der Waals surface area contributed by atoms with Crippen LogP contribution in [0.3, 0.4) is 0 Å². The maximum atomic E-state index is 12.7. The third kappa shape index (κ3) is 6.12. The van der Waals surface area contributed by atoms with Gasteiger partial charge in [0.1, 0.15) is 0 Å². The Morgan fingerprint density at radius 3 is 2.33 bits per heavy atom. The Hall–Kier alpha value is -1.30. The molecule has 0 spiro atoms. The van der Waals surface area contributed by atoms with Crippen LogP contribution < -0.4 is 0 Å². The largest absolute Gasteiger partial charge is 0.378 e. The number of nitrogens with zero attached hydrogens (tertiary/aromatic N) is 3. The zero-order valence-corrected chi connectivity index (χ0v) is 19.0. The van der Waals surface area contributed by atoms with Crippen molar-refractivity contribution in [2.45, 2.75) is 45.1 Å². The van der Waals surface area contributed by atoms with Gasteiger partial charge in [0.05, 0.1) is 13.2 Å². The number of carbonyl (C=O) groups excluding carboxylic acids is 1. The van der Waals surface area contributed by atoms with Gasteiger partial charge in [0.25, 0.3) is 0 Å². The number of likely N-dealkylation sites (tertiary alicyclic amines) is 1. The third-order valence-electron chi connectivity index (χ3n) is 6.89. The number of urea groups is 1. The number of rotatable bonds is 7. The number of ether oxygens (including phenoxy) is 1. The summed E-state index contributed by atoms with van der Waals surface area (Å²) in [5.41, 5.74) is 1.32. The molecule has 1 unspecified atom stereocenters. The molecule has 2 amide bonds. The summed E-state index contributed by atoms with van der Waals surface area (Å²) in [5, 5.41) is 0.825. The number of hydrogen-bond donors (Lipinski definition) is 0. The molecule has 1 saturated carbocycles. The molecule has 0 bridgehead atoms. The predicted molar refractivity (Wildman–Crippen MR) is 121 cm³/mol. The first-order chi connectivity index (χ1) is 14.6. The van der Waals surface area contributed by atoms with E-state index in [-0.39, 0.29) is 6.03 Å². The molecule has 0 aromatic heterocycles. The fraction of sp³-hybridized carbons (Fsp3) is 0.708. The lowest BCUT2D eigenvalue weighted by atomic mass is 9.95. The fourth-order valence-corrected chi connectivity index (χ4v) is 5.01. The van der Waals surface area contributed by atoms with Crippen molar-refractivity contribution >= 4 is 17.6 Å². The standard InChI is InChI=1S/C24H36ClN3O2/c1-19(15-22-3-2-4-23(25)16-22)28(17-20-5-6-20)18-21-7-9-26(10-8-21)24(29)27-11-13-30-14-12-27/h2-4,16,19-21H,5-15,17-18H2,1H3. The number of morpholine rings is 1. The number of carbonyl (C=O) groups is 1. The highest BCUT2D eigenvalue weighted by Crippen LogP contribution is 2.32. The number of benzene rings is 1. The van der Waals surface area contributed by atoms with E-state index in [1.165, 1.54) is 24.9 Å². The van der Waals surface area contributed by atoms with E-state index in [1.54, 1.807) is 0 Å². The molecule has 1 aliphatic carbocycles. The van der Waals surface area contributed by atoms with Crippen LogP contribution >= 0.6 is 11.6 Å². The molecule has 3 fully saturated rings. The highest BCUT2D eigenvalue weighted by molar-refractivity contribution is 6.30. The number of halogens is 1. The summed E-state index contributed by atoms with van der Waals surface area (Å²) in [5.74, 6) is 1.56. The van der Waals surface area contributed by atoms with E-state index in [0.29, 0.717) is 25.2 Å². The summed E-state index contributed by atoms with van der Waals surface area (Å²) in [6, 6.07) is 9.01. The SMILES string of the molecule is CC(Cc1cccc(Cl)c1)N(CC1CC1)CC1CCN(C(=O)N2CCOCC2)CC1. The zero-order valence-electron chi connectivity index (χ0n) is 18.3. The van der Waals surface area contributed by atoms with Gasteiger partial charge in [-0.05, 0) is 68.6 Å². The van der Waals surface area contributed by atoms with Crippen molar-refractivity contribution in [2.24, 2.45) is 11.8 Å². The maximum Gasteiger partial charge on any atom is 0.320 e. The van der Waals surface area contributed by atoms with Gasteiger partial charge < -0.3 is 14.5 Å². The smallest absolute Gasteiger partial charge is 0.320 e. The first kappa shape index (κ1) is 21.9. The Morgan fingerprint density at radius 2 is 1.70 bits per heavy atom. The average molecular weight is 434 g/mol. The summed E-state index contributed by atoms with van der Waals surface area (Å²) in [7, 11) is 0. The highest BCUT2D eigenvalue weighted by atomic mass is 35.5. The van der Waals surface area contributed by atoms with Gasteiger partial charge in [-0.3, -0.25) is 4.90 Å². The minimum atomic E-state index is 0.209. The molecule has 1 aromatic carbocycles. The molecule has 0 radical (unpaired) electrons. The summed E-state index contributed by atoms with van der Waals surface area (Å²) >= 11 is 6.20. The Labute approximate surface area is 186 Å². The Bertz CT molecular complexity index is 697. The molecule has 2 saturated heterocycles. The van der Waals surface area contributed by atoms with Gasteiger partial charge in [-0.1, -0.05) is 23.7 Å². The summed E-state index contributed by atoms with van der Waals surface area (Å²) in [6.45, 7) is 9.31. The van der Waals surface area contributed by atoms with Crippen LogP contribution in [-0.4, -0.2) is 79.3 Å². The minimum Gasteiger partial charge on any atom is -0.378 e. The second kappa shape index (κ2) is 10.3. The van der Waals surface area contributed by atoms with Gasteiger partial charge in [-0.15, -0.1) is 0 Å². The van der Waals surface area contributed by atoms with E-state index in [9.17, 15) is 4.79 Å². The second-order valence-electron chi connectivity index (χ2n) is 9.39. The van der Waals surface area contributed by atoms with E-state index < -0.39 is 0 Å². The molecule has 30 heavy (non-hydrogen) atoms. The molecule has 0 N–H and O–H groups in total. The zero-order chi connectivity index (χ0) is 20.9. The molecule has 2 heterocycles. The van der Waals surface area contributed by atoms with Gasteiger partial charge in [0.15, 0.2) is 0 Å². The van der Waals surface area contributed by atoms with Gasteiger partial charge in [0, 0.05) is 50.3 Å². The van der Waals surface area contributed by atoms with Gasteiger partial charge in [-0.2, -0.15) is 0 Å². The summed E-state index contributed by atoms with van der Waals surface area (Å²) < 4.78 is 5.38. The van der Waals surface area contributed by atoms with Gasteiger partial charge in [-0.25, -0.2) is 4.79 Å². The predicted octanol–water partition coefficient (Wildman–Crippen LogP) is 4.15. The molecule has 1 atom stereocenters. The quantitative estimate of drug-likeness (QED) is 0.648. The third-order valence-corrected chi connectivity index (χ3v) is 7.13. The van der Waals surface area contributed by atoms with Crippen molar-refractivity contribution in [3.8, 4) is 0 Å². The van der Waals surface area contributed by atoms with Crippen LogP contribution in [0.5, 0.6) is 0 Å². The van der Waals surface area contributed by atoms with E-state index in [4.69, 9.17) is 16.3 Å². The monoisotopic (exact) mass is 433 g/mol. The molecular formula is C24H36ClN3O2. The number of amides is 2. The van der Waals surface area contributed by atoms with Crippen molar-refractivity contribution in [2.75, 3.05) is 52.5 Å². The Kier molecular flexibility index (Phi) is 7.55. The number of piperidine rings is 1. The normalized spacial score (nSPS) is 21.8. The first-order valence-corrected chi connectivity index (χ1v) is 12.1. The molecule has 6 heteroatoms. The summed E-state index contributed by atoms with van der Waals surface area (Å²) in [4.78, 5) is 19.5. The van der Waals surface area contributed by atoms with E-state index >= 15 is 0 Å². The van der Waals surface area contributed by atoms with Crippen LogP contribution in [0.25, 0.3) is 0 Å². The van der Waals surface area contributed by atoms with E-state index in [2.05, 4.69) is 34.9 Å². The molecule has 2 aliphatic heterocycles. The van der Waals surface area contributed by atoms with Gasteiger partial charge >= 0.3 is 6.03 Å². The molecule has 1 aromatic rings. The topological polar surface area (TPSA) is 36.0 Å². The van der Waals surface area contributed by atoms with Crippen molar-refractivity contribution in [3.63, 3.8) is 0 Å². The van der Waals surface area contributed by atoms with Crippen molar-refractivity contribution < 1.29 is 9.53 Å². The first-order valence-electron chi connectivity index (χ1n) is 11.7. The van der Waals surface area contributed by atoms with E-state index in [0.717, 1.165) is 62.9 Å². The van der Waals surface area contributed by atoms with Crippen molar-refractivity contribution in [1.82, 2.24) is 14.7 Å². The Balaban J connectivity index is 1.28. The number of hydrogen-bond acceptors (Lipinski definition) is 3. The summed E-state index contributed by atoms with van der Waals surface area (Å²) in [6.07, 6.45) is 6.03. The molecule has 4 rings (SSSR count). The lowest BCUT2D eigenvalue weighted by molar-refractivity contribution is 0.0385. The van der Waals surface area contributed by atoms with Crippen LogP contribution in [0.15, 0.2) is 24.3 Å². The maximum absolute atomic E-state index is 12.7. The second-order valence-corrected chi connectivity index (χ2v) is 9.83. The van der Waals surface area contributed by atoms with Crippen LogP contribution in [-0.2, 0) is 11.2 Å². The fourth-order valence-electron chi connectivity index (χ4n) is 4.79. The molecule has 3 aliphatic rings. The van der Waals surface area contributed by atoms with E-state index in [1.807, 2.05) is 11.0 Å². The Morgan fingerprint density at radius 1 is 1.07 bits per heavy atom. The van der Waals surface area contributed by atoms with Crippen LogP contribution in [0.2, 0.25) is 5.02 Å². The van der Waals surface area contributed by atoms with Gasteiger partial charge in [0.2, 0.25) is 0 Å². The van der Waals surface area contributed by atoms with Crippen molar-refractivity contribution in [3.05, 3.63) is 34.9 Å². The average Bonchev–Trinajstić information content (AvgIpc) is 3.58. The van der Waals surface area contributed by atoms with Crippen molar-refractivity contribution in [1.29, 1.82) is 0 Å². The van der Waals surface area contributed by atoms with Crippen LogP contribution in [0.1, 0.15) is 38.2 Å². The molecule has 5 nitrogen and oxygen atoms in total. The molecule has 166 valence electrons. The lowest BCUT2D eigenvalue weighted by Crippen LogP contribution is -2.51. The van der Waals surface area contributed by atoms with Crippen LogP contribution in [0, 0.1) is 11.8 Å².